The van der Waals surface area contributed by atoms with Crippen LogP contribution in [-0.2, 0) is 84.4 Å². The van der Waals surface area contributed by atoms with Gasteiger partial charge in [-0.05, 0) is 200 Å². The Morgan fingerprint density at radius 2 is 0.847 bits per heavy atom. The third kappa shape index (κ3) is 42.1. The second-order valence-electron chi connectivity index (χ2n) is 37.6. The average molecular weight is 1660 g/mol. The Balaban J connectivity index is 1.45. The SMILES string of the molecule is COC(=O)C(CCCCNC(=O)CCCCCCCCC(=O)[C@@H](Cc1ccccc1)NC(=O)C(CC(=O)CCCC(=O)CC12CN(C(=O)OC(C)(C)C)CCN(C(=O)OC(C)(C)C)CC(C)(CN(C(=O)OC(C)(C)C)CCN(C(=O)OC(C)(C)C)C1)NCCN2)Cc1ccccc1)NC(=O)N[C@@H](CCC(=O)OC(C)(C)C)C(=O)OC(C)(C)C. The molecule has 664 valence electrons. The summed E-state index contributed by atoms with van der Waals surface area (Å²) in [4.78, 5) is 187. The molecule has 4 rings (SSSR count). The third-order valence-corrected chi connectivity index (χ3v) is 18.9. The topological polar surface area (TPSA) is 372 Å². The van der Waals surface area contributed by atoms with Crippen LogP contribution in [0.4, 0.5) is 24.0 Å². The Bertz CT molecular complexity index is 3510. The van der Waals surface area contributed by atoms with Crippen molar-refractivity contribution >= 4 is 77.5 Å². The number of fused-ring (bicyclic) bond motifs is 5. The van der Waals surface area contributed by atoms with E-state index < -0.39 is 123 Å². The van der Waals surface area contributed by atoms with Crippen LogP contribution < -0.4 is 31.9 Å². The summed E-state index contributed by atoms with van der Waals surface area (Å²) < 4.78 is 39.8. The number of hydrogen-bond donors (Lipinski definition) is 6. The largest absolute Gasteiger partial charge is 0.467 e. The molecular formula is C88H142N10O20. The highest BCUT2D eigenvalue weighted by Crippen LogP contribution is 2.28. The van der Waals surface area contributed by atoms with Crippen molar-refractivity contribution in [2.24, 2.45) is 5.92 Å². The van der Waals surface area contributed by atoms with Gasteiger partial charge < -0.3 is 84.7 Å². The van der Waals surface area contributed by atoms with E-state index in [-0.39, 0.29) is 159 Å². The first-order valence-electron chi connectivity index (χ1n) is 42.0. The molecule has 4 atom stereocenters. The van der Waals surface area contributed by atoms with Crippen molar-refractivity contribution in [2.75, 3.05) is 79.1 Å². The van der Waals surface area contributed by atoms with E-state index in [1.807, 2.05) is 67.6 Å². The number of amides is 8. The van der Waals surface area contributed by atoms with E-state index in [0.717, 1.165) is 36.8 Å². The zero-order valence-corrected chi connectivity index (χ0v) is 74.5. The van der Waals surface area contributed by atoms with Gasteiger partial charge >= 0.3 is 48.3 Å². The van der Waals surface area contributed by atoms with Crippen molar-refractivity contribution in [3.8, 4) is 0 Å². The molecule has 0 aliphatic carbocycles. The number of esters is 3. The van der Waals surface area contributed by atoms with Gasteiger partial charge in [0.25, 0.3) is 0 Å². The molecule has 0 radical (unpaired) electrons. The third-order valence-electron chi connectivity index (χ3n) is 18.9. The van der Waals surface area contributed by atoms with Crippen LogP contribution in [0.2, 0.25) is 0 Å². The molecule has 2 heterocycles. The van der Waals surface area contributed by atoms with Crippen molar-refractivity contribution < 1.29 is 95.5 Å². The number of hydrogen-bond acceptors (Lipinski definition) is 22. The van der Waals surface area contributed by atoms with E-state index in [4.69, 9.17) is 33.2 Å². The van der Waals surface area contributed by atoms with Gasteiger partial charge in [-0.15, -0.1) is 0 Å². The Morgan fingerprint density at radius 3 is 1.31 bits per heavy atom. The first kappa shape index (κ1) is 101. The Labute approximate surface area is 700 Å². The van der Waals surface area contributed by atoms with E-state index in [1.165, 1.54) is 26.7 Å². The summed E-state index contributed by atoms with van der Waals surface area (Å²) in [6.07, 6.45) is 2.61. The number of Topliss-reactive ketones (excluding diaryl/α,β-unsaturated/α-hetero) is 3. The molecule has 30 nitrogen and oxygen atoms in total. The highest BCUT2D eigenvalue weighted by Gasteiger charge is 2.45. The van der Waals surface area contributed by atoms with Gasteiger partial charge in [-0.1, -0.05) is 86.3 Å². The molecule has 0 aromatic heterocycles. The van der Waals surface area contributed by atoms with Crippen LogP contribution in [0.5, 0.6) is 0 Å². The Morgan fingerprint density at radius 1 is 0.424 bits per heavy atom. The predicted octanol–water partition coefficient (Wildman–Crippen LogP) is 12.0. The lowest BCUT2D eigenvalue weighted by atomic mass is 9.88. The number of ether oxygens (including phenoxy) is 7. The summed E-state index contributed by atoms with van der Waals surface area (Å²) in [5.74, 6) is -4.27. The predicted molar refractivity (Wildman–Crippen MR) is 448 cm³/mol. The highest BCUT2D eigenvalue weighted by molar-refractivity contribution is 5.93. The van der Waals surface area contributed by atoms with E-state index in [2.05, 4.69) is 31.9 Å². The van der Waals surface area contributed by atoms with Gasteiger partial charge in [0.15, 0.2) is 5.78 Å². The summed E-state index contributed by atoms with van der Waals surface area (Å²) in [5.41, 5.74) is -6.34. The number of nitrogens with zero attached hydrogens (tertiary/aromatic N) is 4. The maximum absolute atomic E-state index is 15.0. The lowest BCUT2D eigenvalue weighted by molar-refractivity contribution is -0.158. The molecule has 2 fully saturated rings. The highest BCUT2D eigenvalue weighted by atomic mass is 16.6. The van der Waals surface area contributed by atoms with Crippen LogP contribution in [-0.4, -0.2) is 239 Å². The van der Waals surface area contributed by atoms with Crippen LogP contribution in [0.1, 0.15) is 258 Å². The summed E-state index contributed by atoms with van der Waals surface area (Å²) in [5, 5.41) is 18.3. The smallest absolute Gasteiger partial charge is 0.410 e. The first-order valence-corrected chi connectivity index (χ1v) is 42.0. The van der Waals surface area contributed by atoms with Gasteiger partial charge in [0.05, 0.1) is 24.2 Å². The maximum Gasteiger partial charge on any atom is 0.410 e. The second kappa shape index (κ2) is 47.2. The number of carbonyl (C=O) groups is 13. The second-order valence-corrected chi connectivity index (χ2v) is 37.6. The van der Waals surface area contributed by atoms with Crippen LogP contribution in [0.15, 0.2) is 60.7 Å². The van der Waals surface area contributed by atoms with E-state index in [0.29, 0.717) is 38.6 Å². The molecule has 2 aromatic carbocycles. The maximum atomic E-state index is 15.0. The van der Waals surface area contributed by atoms with E-state index >= 15 is 4.79 Å². The van der Waals surface area contributed by atoms with Crippen LogP contribution >= 0.6 is 0 Å². The summed E-state index contributed by atoms with van der Waals surface area (Å²) in [6, 6.07) is 14.6. The molecule has 2 unspecified atom stereocenters. The molecule has 2 saturated heterocycles. The zero-order valence-electron chi connectivity index (χ0n) is 74.5. The van der Waals surface area contributed by atoms with Gasteiger partial charge in [-0.25, -0.2) is 33.6 Å². The number of carbonyl (C=O) groups excluding carboxylic acids is 13. The van der Waals surface area contributed by atoms with Crippen molar-refractivity contribution in [3.63, 3.8) is 0 Å². The van der Waals surface area contributed by atoms with Gasteiger partial charge in [0.2, 0.25) is 11.8 Å². The summed E-state index contributed by atoms with van der Waals surface area (Å²) in [7, 11) is 1.19. The van der Waals surface area contributed by atoms with Crippen molar-refractivity contribution in [1.29, 1.82) is 0 Å². The van der Waals surface area contributed by atoms with Gasteiger partial charge in [-0.2, -0.15) is 0 Å². The van der Waals surface area contributed by atoms with Crippen LogP contribution in [0.3, 0.4) is 0 Å². The minimum Gasteiger partial charge on any atom is -0.467 e. The minimum atomic E-state index is -1.47. The molecule has 118 heavy (non-hydrogen) atoms. The van der Waals surface area contributed by atoms with Gasteiger partial charge in [0.1, 0.15) is 57.3 Å². The fraction of sp³-hybridized carbons (Fsp3) is 0.716. The Kier molecular flexibility index (Phi) is 40.5. The first-order chi connectivity index (χ1) is 54.8. The fourth-order valence-electron chi connectivity index (χ4n) is 13.6. The molecule has 0 spiro atoms. The van der Waals surface area contributed by atoms with Crippen molar-refractivity contribution in [2.45, 2.75) is 323 Å². The average Bonchev–Trinajstić information content (AvgIpc) is 0.795. The Hall–Kier alpha value is -8.93. The molecule has 6 N–H and O–H groups in total. The molecule has 2 bridgehead atoms. The lowest BCUT2D eigenvalue weighted by Gasteiger charge is -2.46. The zero-order chi connectivity index (χ0) is 88.5. The molecular weight excluding hydrogens is 1520 g/mol. The number of benzene rings is 2. The number of ketones is 3. The lowest BCUT2D eigenvalue weighted by Crippen LogP contribution is -2.67. The molecule has 2 aliphatic rings. The van der Waals surface area contributed by atoms with Crippen LogP contribution in [0.25, 0.3) is 0 Å². The number of rotatable bonds is 36. The molecule has 30 heteroatoms. The minimum absolute atomic E-state index is 0.00870. The monoisotopic (exact) mass is 1660 g/mol. The van der Waals surface area contributed by atoms with Crippen molar-refractivity contribution in [1.82, 2.24) is 51.5 Å². The van der Waals surface area contributed by atoms with Gasteiger partial charge in [-0.3, -0.25) is 28.8 Å². The number of unbranched alkanes of at least 4 members (excludes halogenated alkanes) is 6. The van der Waals surface area contributed by atoms with E-state index in [1.54, 1.807) is 125 Å². The molecule has 0 saturated carbocycles. The standard InChI is InChI=1S/C88H142N10O20/c1-81(2,3)113-72(103)46-45-68(75(106)114-82(4,5)6)94-76(107)93-67(74(105)112-20)42-33-34-47-89-71(102)44-32-24-22-21-23-31-43-70(101)69(55-63-38-29-26-30-39-63)92-73(104)64(54-62-36-27-25-28-37-62)56-65(99)40-35-41-66(100)57-88-60-97(79(110)117-85(13,14)15)52-50-95(77(108)115-83(7,8)9)58-87(19,90-48-49-91-88)59-96(78(109)116-84(10,11)12)51-53-98(61-88)80(111)118-86(16,17)18/h25-30,36-39,64,67-69,90-91H,21-24,31-35,40-61H2,1-20H3,(H,89,102)(H,92,104)(H2,93,94,107)/t64?,67?,68-,69+,87?,88?/m0/s1. The fourth-order valence-corrected chi connectivity index (χ4v) is 13.6. The molecule has 8 amide bonds. The van der Waals surface area contributed by atoms with Crippen LogP contribution in [0, 0.1) is 5.92 Å². The summed E-state index contributed by atoms with van der Waals surface area (Å²) in [6.45, 7) is 32.7. The summed E-state index contributed by atoms with van der Waals surface area (Å²) >= 11 is 0. The number of methoxy groups -OCH3 is 1. The normalized spacial score (nSPS) is 17.8. The van der Waals surface area contributed by atoms with E-state index in [9.17, 15) is 57.5 Å². The molecule has 2 aromatic rings. The molecule has 2 aliphatic heterocycles. The van der Waals surface area contributed by atoms with Gasteiger partial charge in [0, 0.05) is 123 Å². The number of nitrogens with one attached hydrogen (secondary N) is 6. The number of urea groups is 1. The van der Waals surface area contributed by atoms with Crippen molar-refractivity contribution in [3.05, 3.63) is 71.8 Å². The quantitative estimate of drug-likeness (QED) is 0.0210.